The van der Waals surface area contributed by atoms with Crippen molar-refractivity contribution in [2.75, 3.05) is 5.32 Å². The molecule has 5 nitrogen and oxygen atoms in total. The third-order valence-corrected chi connectivity index (χ3v) is 3.78. The Morgan fingerprint density at radius 3 is 2.04 bits per heavy atom. The molecule has 120 valence electrons. The molecule has 3 N–H and O–H groups in total. The zero-order valence-corrected chi connectivity index (χ0v) is 13.2. The van der Waals surface area contributed by atoms with Gasteiger partial charge in [-0.05, 0) is 53.2 Å². The van der Waals surface area contributed by atoms with E-state index >= 15 is 0 Å². The second kappa shape index (κ2) is 6.70. The van der Waals surface area contributed by atoms with E-state index in [1.54, 1.807) is 66.1 Å². The summed E-state index contributed by atoms with van der Waals surface area (Å²) in [5.41, 5.74) is 3.03. The van der Waals surface area contributed by atoms with Gasteiger partial charge in [-0.25, -0.2) is 5.48 Å². The number of amides is 2. The lowest BCUT2D eigenvalue weighted by molar-refractivity contribution is 0.0706. The lowest BCUT2D eigenvalue weighted by Crippen LogP contribution is -2.18. The fourth-order valence-corrected chi connectivity index (χ4v) is 2.55. The topological polar surface area (TPSA) is 78.4 Å². The molecule has 0 radical (unpaired) electrons. The van der Waals surface area contributed by atoms with E-state index in [4.69, 9.17) is 16.8 Å². The Kier molecular flexibility index (Phi) is 4.46. The summed E-state index contributed by atoms with van der Waals surface area (Å²) in [6.07, 6.45) is 0. The van der Waals surface area contributed by atoms with Crippen molar-refractivity contribution in [3.05, 3.63) is 76.8 Å². The lowest BCUT2D eigenvalue weighted by Gasteiger charge is -2.07. The summed E-state index contributed by atoms with van der Waals surface area (Å²) in [5, 5.41) is 13.6. The summed E-state index contributed by atoms with van der Waals surface area (Å²) in [6, 6.07) is 17.0. The number of carbonyl (C=O) groups excluding carboxylic acids is 2. The van der Waals surface area contributed by atoms with Crippen molar-refractivity contribution in [2.45, 2.75) is 0 Å². The predicted octanol–water partition coefficient (Wildman–Crippen LogP) is 3.86. The first-order valence-corrected chi connectivity index (χ1v) is 7.50. The Bertz CT molecular complexity index is 940. The smallest absolute Gasteiger partial charge is 0.274 e. The average molecular weight is 341 g/mol. The van der Waals surface area contributed by atoms with Crippen molar-refractivity contribution in [3.8, 4) is 0 Å². The normalized spacial score (nSPS) is 10.4. The van der Waals surface area contributed by atoms with Crippen molar-refractivity contribution in [1.29, 1.82) is 0 Å². The van der Waals surface area contributed by atoms with Gasteiger partial charge in [0.2, 0.25) is 0 Å². The third-order valence-electron chi connectivity index (χ3n) is 3.55. The van der Waals surface area contributed by atoms with Crippen LogP contribution in [0.1, 0.15) is 20.7 Å². The van der Waals surface area contributed by atoms with Gasteiger partial charge in [-0.1, -0.05) is 29.8 Å². The number of anilines is 1. The Balaban J connectivity index is 1.87. The van der Waals surface area contributed by atoms with Crippen LogP contribution in [0.15, 0.2) is 60.7 Å². The number of hydrogen-bond acceptors (Lipinski definition) is 3. The summed E-state index contributed by atoms with van der Waals surface area (Å²) in [5.74, 6) is -0.837. The third kappa shape index (κ3) is 3.37. The number of halogens is 1. The van der Waals surface area contributed by atoms with Gasteiger partial charge in [0, 0.05) is 21.8 Å². The van der Waals surface area contributed by atoms with Crippen LogP contribution in [0.25, 0.3) is 10.8 Å². The summed E-state index contributed by atoms with van der Waals surface area (Å²) >= 11 is 5.90. The second-order valence-electron chi connectivity index (χ2n) is 5.18. The molecule has 0 fully saturated rings. The molecule has 0 atom stereocenters. The number of nitrogens with one attached hydrogen (secondary N) is 2. The summed E-state index contributed by atoms with van der Waals surface area (Å²) in [4.78, 5) is 23.8. The van der Waals surface area contributed by atoms with Gasteiger partial charge >= 0.3 is 0 Å². The highest BCUT2D eigenvalue weighted by Crippen LogP contribution is 2.20. The molecule has 0 bridgehead atoms. The zero-order valence-electron chi connectivity index (χ0n) is 12.4. The number of hydroxylamine groups is 1. The fourth-order valence-electron chi connectivity index (χ4n) is 2.36. The Morgan fingerprint density at radius 1 is 0.833 bits per heavy atom. The number of hydrogen-bond donors (Lipinski definition) is 3. The molecule has 3 aromatic carbocycles. The minimum absolute atomic E-state index is 0.253. The molecular formula is C18H13ClN2O3. The van der Waals surface area contributed by atoms with E-state index < -0.39 is 5.91 Å². The van der Waals surface area contributed by atoms with Crippen LogP contribution in [0.3, 0.4) is 0 Å². The van der Waals surface area contributed by atoms with Crippen molar-refractivity contribution < 1.29 is 14.8 Å². The molecular weight excluding hydrogens is 328 g/mol. The molecule has 3 aromatic rings. The van der Waals surface area contributed by atoms with Crippen LogP contribution < -0.4 is 10.8 Å². The molecule has 24 heavy (non-hydrogen) atoms. The highest BCUT2D eigenvalue weighted by Gasteiger charge is 2.09. The summed E-state index contributed by atoms with van der Waals surface area (Å²) < 4.78 is 0. The molecule has 0 unspecified atom stereocenters. The lowest BCUT2D eigenvalue weighted by atomic mass is 10.0. The SMILES string of the molecule is O=C(NO)c1ccc2cc(C(=O)Nc3cccc(Cl)c3)ccc2c1. The molecule has 0 heterocycles. The quantitative estimate of drug-likeness (QED) is 0.500. The maximum atomic E-state index is 12.3. The molecule has 0 saturated heterocycles. The van der Waals surface area contributed by atoms with Crippen LogP contribution in [-0.2, 0) is 0 Å². The minimum atomic E-state index is -0.584. The summed E-state index contributed by atoms with van der Waals surface area (Å²) in [6.45, 7) is 0. The van der Waals surface area contributed by atoms with Crippen LogP contribution in [-0.4, -0.2) is 17.0 Å². The van der Waals surface area contributed by atoms with Crippen LogP contribution in [0.5, 0.6) is 0 Å². The molecule has 0 aliphatic carbocycles. The molecule has 3 rings (SSSR count). The average Bonchev–Trinajstić information content (AvgIpc) is 2.60. The van der Waals surface area contributed by atoms with Crippen LogP contribution in [0.2, 0.25) is 5.02 Å². The molecule has 0 aliphatic heterocycles. The van der Waals surface area contributed by atoms with E-state index in [1.807, 2.05) is 0 Å². The zero-order chi connectivity index (χ0) is 17.1. The van der Waals surface area contributed by atoms with Gasteiger partial charge in [-0.3, -0.25) is 14.8 Å². The van der Waals surface area contributed by atoms with E-state index in [0.29, 0.717) is 21.8 Å². The van der Waals surface area contributed by atoms with Crippen molar-refractivity contribution in [2.24, 2.45) is 0 Å². The number of fused-ring (bicyclic) bond motifs is 1. The Hall–Kier alpha value is -2.89. The first-order chi connectivity index (χ1) is 11.6. The van der Waals surface area contributed by atoms with Gasteiger partial charge in [0.05, 0.1) is 0 Å². The van der Waals surface area contributed by atoms with Crippen molar-refractivity contribution in [1.82, 2.24) is 5.48 Å². The highest BCUT2D eigenvalue weighted by molar-refractivity contribution is 6.31. The number of rotatable bonds is 3. The van der Waals surface area contributed by atoms with Gasteiger partial charge in [-0.2, -0.15) is 0 Å². The van der Waals surface area contributed by atoms with E-state index in [9.17, 15) is 9.59 Å². The fraction of sp³-hybridized carbons (Fsp3) is 0. The first-order valence-electron chi connectivity index (χ1n) is 7.12. The van der Waals surface area contributed by atoms with E-state index in [-0.39, 0.29) is 5.91 Å². The molecule has 0 spiro atoms. The van der Waals surface area contributed by atoms with E-state index in [0.717, 1.165) is 10.8 Å². The minimum Gasteiger partial charge on any atom is -0.322 e. The monoisotopic (exact) mass is 340 g/mol. The first kappa shape index (κ1) is 16.0. The van der Waals surface area contributed by atoms with Crippen molar-refractivity contribution in [3.63, 3.8) is 0 Å². The molecule has 0 aromatic heterocycles. The van der Waals surface area contributed by atoms with E-state index in [1.165, 1.54) is 0 Å². The van der Waals surface area contributed by atoms with Crippen molar-refractivity contribution >= 4 is 39.9 Å². The van der Waals surface area contributed by atoms with Gasteiger partial charge in [0.25, 0.3) is 11.8 Å². The van der Waals surface area contributed by atoms with Crippen LogP contribution in [0, 0.1) is 0 Å². The number of carbonyl (C=O) groups is 2. The Morgan fingerprint density at radius 2 is 1.46 bits per heavy atom. The van der Waals surface area contributed by atoms with Crippen LogP contribution in [0.4, 0.5) is 5.69 Å². The Labute approximate surface area is 142 Å². The summed E-state index contributed by atoms with van der Waals surface area (Å²) in [7, 11) is 0. The number of benzene rings is 3. The largest absolute Gasteiger partial charge is 0.322 e. The van der Waals surface area contributed by atoms with Gasteiger partial charge in [0.15, 0.2) is 0 Å². The predicted molar refractivity (Wildman–Crippen MR) is 92.6 cm³/mol. The standard InChI is InChI=1S/C18H13ClN2O3/c19-15-2-1-3-16(10-15)20-17(22)13-6-4-12-9-14(18(23)21-24)7-5-11(12)8-13/h1-10,24H,(H,20,22)(H,21,23). The highest BCUT2D eigenvalue weighted by atomic mass is 35.5. The van der Waals surface area contributed by atoms with Gasteiger partial charge in [0.1, 0.15) is 0 Å². The molecule has 0 aliphatic rings. The van der Waals surface area contributed by atoms with E-state index in [2.05, 4.69) is 5.32 Å². The van der Waals surface area contributed by atoms with Crippen LogP contribution >= 0.6 is 11.6 Å². The molecule has 2 amide bonds. The van der Waals surface area contributed by atoms with Gasteiger partial charge in [-0.15, -0.1) is 0 Å². The maximum absolute atomic E-state index is 12.3. The maximum Gasteiger partial charge on any atom is 0.274 e. The van der Waals surface area contributed by atoms with Gasteiger partial charge < -0.3 is 5.32 Å². The molecule has 0 saturated carbocycles. The second-order valence-corrected chi connectivity index (χ2v) is 5.62. The molecule has 6 heteroatoms.